The fourth-order valence-electron chi connectivity index (χ4n) is 3.09. The lowest BCUT2D eigenvalue weighted by Gasteiger charge is -2.31. The number of ether oxygens (including phenoxy) is 1. The molecule has 1 heterocycles. The summed E-state index contributed by atoms with van der Waals surface area (Å²) in [5.41, 5.74) is 1.16. The molecule has 0 bridgehead atoms. The van der Waals surface area contributed by atoms with Crippen molar-refractivity contribution in [1.82, 2.24) is 10.2 Å². The van der Waals surface area contributed by atoms with E-state index in [1.807, 2.05) is 13.8 Å². The highest BCUT2D eigenvalue weighted by Crippen LogP contribution is 2.21. The minimum atomic E-state index is -0.408. The molecule has 1 saturated heterocycles. The lowest BCUT2D eigenvalue weighted by atomic mass is 9.95. The van der Waals surface area contributed by atoms with Gasteiger partial charge in [-0.25, -0.2) is 4.39 Å². The van der Waals surface area contributed by atoms with Crippen LogP contribution in [0, 0.1) is 18.7 Å². The molecule has 1 aromatic carbocycles. The topological polar surface area (TPSA) is 58.6 Å². The molecule has 2 rings (SSSR count). The Balaban J connectivity index is 1.77. The van der Waals surface area contributed by atoms with Crippen LogP contribution in [0.4, 0.5) is 4.39 Å². The molecule has 26 heavy (non-hydrogen) atoms. The van der Waals surface area contributed by atoms with Gasteiger partial charge in [0.2, 0.25) is 5.91 Å². The molecule has 6 heteroatoms. The number of benzene rings is 1. The number of nitrogens with one attached hydrogen (secondary N) is 1. The van der Waals surface area contributed by atoms with E-state index in [2.05, 4.69) is 5.32 Å². The molecule has 1 aromatic rings. The van der Waals surface area contributed by atoms with E-state index in [1.165, 1.54) is 12.1 Å². The maximum absolute atomic E-state index is 13.4. The second kappa shape index (κ2) is 9.67. The van der Waals surface area contributed by atoms with E-state index < -0.39 is 5.82 Å². The first-order valence-corrected chi connectivity index (χ1v) is 9.33. The smallest absolute Gasteiger partial charge is 0.254 e. The van der Waals surface area contributed by atoms with Crippen LogP contribution in [0.5, 0.6) is 0 Å². The number of piperidine rings is 1. The molecule has 5 nitrogen and oxygen atoms in total. The van der Waals surface area contributed by atoms with Gasteiger partial charge in [-0.3, -0.25) is 9.59 Å². The van der Waals surface area contributed by atoms with Crippen LogP contribution in [-0.2, 0) is 9.53 Å². The van der Waals surface area contributed by atoms with Gasteiger partial charge in [0.1, 0.15) is 5.82 Å². The fraction of sp³-hybridized carbons (Fsp3) is 0.600. The zero-order chi connectivity index (χ0) is 19.1. The highest BCUT2D eigenvalue weighted by atomic mass is 19.1. The molecule has 144 valence electrons. The number of hydrogen-bond acceptors (Lipinski definition) is 3. The van der Waals surface area contributed by atoms with E-state index in [0.29, 0.717) is 44.6 Å². The number of nitrogens with zero attached hydrogens (tertiary/aromatic N) is 1. The maximum atomic E-state index is 13.4. The maximum Gasteiger partial charge on any atom is 0.254 e. The van der Waals surface area contributed by atoms with Crippen LogP contribution >= 0.6 is 0 Å². The largest absolute Gasteiger partial charge is 0.379 e. The third-order valence-electron chi connectivity index (χ3n) is 4.65. The van der Waals surface area contributed by atoms with Gasteiger partial charge in [-0.15, -0.1) is 0 Å². The Morgan fingerprint density at radius 1 is 1.31 bits per heavy atom. The van der Waals surface area contributed by atoms with Crippen molar-refractivity contribution in [3.8, 4) is 0 Å². The van der Waals surface area contributed by atoms with Gasteiger partial charge in [-0.1, -0.05) is 6.07 Å². The molecule has 0 saturated carbocycles. The van der Waals surface area contributed by atoms with Gasteiger partial charge in [-0.05, 0) is 57.7 Å². The highest BCUT2D eigenvalue weighted by Gasteiger charge is 2.28. The number of carbonyl (C=O) groups excluding carboxylic acids is 2. The van der Waals surface area contributed by atoms with Crippen LogP contribution < -0.4 is 5.32 Å². The molecule has 0 aromatic heterocycles. The summed E-state index contributed by atoms with van der Waals surface area (Å²) in [7, 11) is 0. The van der Waals surface area contributed by atoms with Crippen LogP contribution in [-0.4, -0.2) is 49.1 Å². The Kier molecular flexibility index (Phi) is 7.57. The van der Waals surface area contributed by atoms with E-state index in [-0.39, 0.29) is 23.8 Å². The molecule has 1 aliphatic heterocycles. The summed E-state index contributed by atoms with van der Waals surface area (Å²) in [6, 6.07) is 4.26. The molecule has 1 N–H and O–H groups in total. The predicted molar refractivity (Wildman–Crippen MR) is 98.5 cm³/mol. The number of halogens is 1. The molecule has 0 unspecified atom stereocenters. The monoisotopic (exact) mass is 364 g/mol. The van der Waals surface area contributed by atoms with Crippen molar-refractivity contribution in [1.29, 1.82) is 0 Å². The molecule has 0 atom stereocenters. The molecule has 0 radical (unpaired) electrons. The standard InChI is InChI=1S/C20H29FN2O3/c1-14(2)26-12-4-9-22-19(24)16-7-10-23(11-8-16)20(25)18-13-17(21)6-5-15(18)3/h5-6,13-14,16H,4,7-12H2,1-3H3,(H,22,24). The molecular formula is C20H29FN2O3. The van der Waals surface area contributed by atoms with Crippen molar-refractivity contribution in [2.24, 2.45) is 5.92 Å². The van der Waals surface area contributed by atoms with Gasteiger partial charge in [0.05, 0.1) is 6.10 Å². The lowest BCUT2D eigenvalue weighted by Crippen LogP contribution is -2.43. The van der Waals surface area contributed by atoms with Crippen LogP contribution in [0.15, 0.2) is 18.2 Å². The summed E-state index contributed by atoms with van der Waals surface area (Å²) < 4.78 is 18.9. The van der Waals surface area contributed by atoms with Gasteiger partial charge >= 0.3 is 0 Å². The Labute approximate surface area is 154 Å². The van der Waals surface area contributed by atoms with Crippen molar-refractivity contribution >= 4 is 11.8 Å². The van der Waals surface area contributed by atoms with Gasteiger partial charge < -0.3 is 15.0 Å². The number of rotatable bonds is 7. The number of amides is 2. The normalized spacial score (nSPS) is 15.3. The summed E-state index contributed by atoms with van der Waals surface area (Å²) in [6.07, 6.45) is 2.26. The molecular weight excluding hydrogens is 335 g/mol. The van der Waals surface area contributed by atoms with E-state index in [1.54, 1.807) is 17.9 Å². The second-order valence-electron chi connectivity index (χ2n) is 7.09. The van der Waals surface area contributed by atoms with E-state index in [4.69, 9.17) is 4.74 Å². The predicted octanol–water partition coefficient (Wildman–Crippen LogP) is 2.92. The summed E-state index contributed by atoms with van der Waals surface area (Å²) in [5.74, 6) is -0.594. The van der Waals surface area contributed by atoms with Crippen LogP contribution in [0.2, 0.25) is 0 Å². The lowest BCUT2D eigenvalue weighted by molar-refractivity contribution is -0.126. The first-order valence-electron chi connectivity index (χ1n) is 9.33. The zero-order valence-corrected chi connectivity index (χ0v) is 15.9. The van der Waals surface area contributed by atoms with Gasteiger partial charge in [0.15, 0.2) is 0 Å². The number of hydrogen-bond donors (Lipinski definition) is 1. The summed E-state index contributed by atoms with van der Waals surface area (Å²) in [6.45, 7) is 8.05. The van der Waals surface area contributed by atoms with Crippen molar-refractivity contribution in [3.63, 3.8) is 0 Å². The van der Waals surface area contributed by atoms with Gasteiger partial charge in [-0.2, -0.15) is 0 Å². The Bertz CT molecular complexity index is 625. The van der Waals surface area contributed by atoms with E-state index >= 15 is 0 Å². The van der Waals surface area contributed by atoms with Gasteiger partial charge in [0, 0.05) is 37.7 Å². The van der Waals surface area contributed by atoms with Crippen molar-refractivity contribution in [3.05, 3.63) is 35.1 Å². The second-order valence-corrected chi connectivity index (χ2v) is 7.09. The minimum Gasteiger partial charge on any atom is -0.379 e. The molecule has 1 fully saturated rings. The Hall–Kier alpha value is -1.95. The first kappa shape index (κ1) is 20.4. The van der Waals surface area contributed by atoms with Crippen molar-refractivity contribution in [2.45, 2.75) is 46.1 Å². The highest BCUT2D eigenvalue weighted by molar-refractivity contribution is 5.95. The molecule has 1 aliphatic rings. The molecule has 0 aliphatic carbocycles. The quantitative estimate of drug-likeness (QED) is 0.757. The third kappa shape index (κ3) is 5.80. The fourth-order valence-corrected chi connectivity index (χ4v) is 3.09. The summed E-state index contributed by atoms with van der Waals surface area (Å²) >= 11 is 0. The summed E-state index contributed by atoms with van der Waals surface area (Å²) in [5, 5.41) is 2.95. The third-order valence-corrected chi connectivity index (χ3v) is 4.65. The zero-order valence-electron chi connectivity index (χ0n) is 15.9. The van der Waals surface area contributed by atoms with E-state index in [0.717, 1.165) is 12.0 Å². The van der Waals surface area contributed by atoms with Gasteiger partial charge in [0.25, 0.3) is 5.91 Å². The van der Waals surface area contributed by atoms with Crippen LogP contribution in [0.25, 0.3) is 0 Å². The molecule has 2 amide bonds. The molecule has 0 spiro atoms. The average molecular weight is 364 g/mol. The minimum absolute atomic E-state index is 0.0450. The van der Waals surface area contributed by atoms with Crippen LogP contribution in [0.1, 0.15) is 49.0 Å². The number of carbonyl (C=O) groups is 2. The Morgan fingerprint density at radius 2 is 2.00 bits per heavy atom. The average Bonchev–Trinajstić information content (AvgIpc) is 2.62. The van der Waals surface area contributed by atoms with E-state index in [9.17, 15) is 14.0 Å². The SMILES string of the molecule is Cc1ccc(F)cc1C(=O)N1CCC(C(=O)NCCCOC(C)C)CC1. The number of aryl methyl sites for hydroxylation is 1. The first-order chi connectivity index (χ1) is 12.4. The Morgan fingerprint density at radius 3 is 2.65 bits per heavy atom. The van der Waals surface area contributed by atoms with Crippen molar-refractivity contribution < 1.29 is 18.7 Å². The van der Waals surface area contributed by atoms with Crippen molar-refractivity contribution in [2.75, 3.05) is 26.2 Å². The van der Waals surface area contributed by atoms with Crippen LogP contribution in [0.3, 0.4) is 0 Å². The number of likely N-dealkylation sites (tertiary alicyclic amines) is 1. The summed E-state index contributed by atoms with van der Waals surface area (Å²) in [4.78, 5) is 26.5.